The summed E-state index contributed by atoms with van der Waals surface area (Å²) in [6.45, 7) is 7.98. The van der Waals surface area contributed by atoms with Gasteiger partial charge in [-0.2, -0.15) is 0 Å². The number of aromatic amines is 1. The van der Waals surface area contributed by atoms with Crippen molar-refractivity contribution in [1.29, 1.82) is 0 Å². The fourth-order valence-electron chi connectivity index (χ4n) is 6.36. The van der Waals surface area contributed by atoms with Gasteiger partial charge in [-0.3, -0.25) is 9.59 Å². The number of amides is 1. The lowest BCUT2D eigenvalue weighted by Gasteiger charge is -2.47. The second-order valence-electron chi connectivity index (χ2n) is 12.1. The molecule has 244 valence electrons. The van der Waals surface area contributed by atoms with Crippen molar-refractivity contribution in [1.82, 2.24) is 25.1 Å². The number of aliphatic hydroxyl groups excluding tert-OH is 1. The molecule has 0 radical (unpaired) electrons. The lowest BCUT2D eigenvalue weighted by Crippen LogP contribution is -2.58. The Balaban J connectivity index is 0.913. The number of aryl methyl sites for hydroxylation is 1. The zero-order valence-corrected chi connectivity index (χ0v) is 26.9. The Morgan fingerprint density at radius 1 is 1.20 bits per heavy atom. The van der Waals surface area contributed by atoms with Gasteiger partial charge < -0.3 is 39.8 Å². The molecule has 4 heterocycles. The highest BCUT2D eigenvalue weighted by atomic mass is 32.1. The molecule has 2 aromatic carbocycles. The molecule has 1 atom stereocenters. The molecule has 2 aromatic heterocycles. The first-order chi connectivity index (χ1) is 22.3. The number of aliphatic hydroxyl groups is 1. The molecule has 0 aliphatic carbocycles. The Morgan fingerprint density at radius 2 is 2.04 bits per heavy atom. The molecular formula is C34H41N5O6S. The van der Waals surface area contributed by atoms with Crippen molar-refractivity contribution in [2.45, 2.75) is 44.4 Å². The number of phenolic OH excluding ortho intramolecular Hbond substituents is 1. The minimum absolute atomic E-state index is 0.00595. The second kappa shape index (κ2) is 14.3. The monoisotopic (exact) mass is 647 g/mol. The van der Waals surface area contributed by atoms with Crippen LogP contribution in [-0.4, -0.2) is 94.0 Å². The van der Waals surface area contributed by atoms with Gasteiger partial charge in [0.1, 0.15) is 17.2 Å². The molecule has 0 bridgehead atoms. The third kappa shape index (κ3) is 7.59. The van der Waals surface area contributed by atoms with Crippen LogP contribution in [0.2, 0.25) is 0 Å². The summed E-state index contributed by atoms with van der Waals surface area (Å²) < 4.78 is 12.3. The van der Waals surface area contributed by atoms with Gasteiger partial charge in [-0.25, -0.2) is 4.98 Å². The molecule has 11 nitrogen and oxygen atoms in total. The number of morpholine rings is 1. The van der Waals surface area contributed by atoms with Crippen molar-refractivity contribution in [2.75, 3.05) is 52.5 Å². The molecule has 4 aromatic rings. The summed E-state index contributed by atoms with van der Waals surface area (Å²) in [5.74, 6) is 0.781. The molecule has 0 saturated carbocycles. The third-order valence-corrected chi connectivity index (χ3v) is 9.63. The first-order valence-corrected chi connectivity index (χ1v) is 16.7. The number of aromatic nitrogens is 2. The van der Waals surface area contributed by atoms with Gasteiger partial charge in [0.05, 0.1) is 42.0 Å². The topological polar surface area (TPSA) is 140 Å². The number of piperidine rings is 1. The summed E-state index contributed by atoms with van der Waals surface area (Å²) in [6.07, 6.45) is 1.89. The number of benzene rings is 2. The number of fused-ring (bicyclic) bond motifs is 1. The number of H-pyrrole nitrogens is 1. The van der Waals surface area contributed by atoms with Gasteiger partial charge in [0, 0.05) is 56.1 Å². The minimum Gasteiger partial charge on any atom is -0.506 e. The zero-order valence-electron chi connectivity index (χ0n) is 26.0. The Labute approximate surface area is 271 Å². The van der Waals surface area contributed by atoms with Gasteiger partial charge in [-0.15, -0.1) is 11.3 Å². The number of ether oxygens (including phenoxy) is 2. The van der Waals surface area contributed by atoms with E-state index >= 15 is 0 Å². The number of likely N-dealkylation sites (tertiary alicyclic amines) is 1. The average Bonchev–Trinajstić information content (AvgIpc) is 3.50. The highest BCUT2D eigenvalue weighted by molar-refractivity contribution is 7.09. The van der Waals surface area contributed by atoms with Crippen molar-refractivity contribution in [3.05, 3.63) is 86.1 Å². The third-order valence-electron chi connectivity index (χ3n) is 8.86. The van der Waals surface area contributed by atoms with Crippen molar-refractivity contribution in [3.63, 3.8) is 0 Å². The first-order valence-electron chi connectivity index (χ1n) is 15.8. The van der Waals surface area contributed by atoms with E-state index in [1.165, 1.54) is 23.5 Å². The summed E-state index contributed by atoms with van der Waals surface area (Å²) in [5.41, 5.74) is 1.94. The van der Waals surface area contributed by atoms with E-state index in [0.29, 0.717) is 61.6 Å². The van der Waals surface area contributed by atoms with Crippen LogP contribution >= 0.6 is 11.3 Å². The van der Waals surface area contributed by atoms with Gasteiger partial charge in [0.2, 0.25) is 5.56 Å². The van der Waals surface area contributed by atoms with Crippen molar-refractivity contribution >= 4 is 28.1 Å². The fourth-order valence-corrected chi connectivity index (χ4v) is 6.95. The normalized spacial score (nSPS) is 17.4. The largest absolute Gasteiger partial charge is 0.506 e. The number of nitrogens with one attached hydrogen (secondary N) is 2. The van der Waals surface area contributed by atoms with Gasteiger partial charge in [-0.05, 0) is 61.6 Å². The fraction of sp³-hybridized carbons (Fsp3) is 0.441. The van der Waals surface area contributed by atoms with Gasteiger partial charge >= 0.3 is 0 Å². The second-order valence-corrected chi connectivity index (χ2v) is 13.2. The number of carbonyl (C=O) groups is 1. The summed E-state index contributed by atoms with van der Waals surface area (Å²) in [4.78, 5) is 36.0. The van der Waals surface area contributed by atoms with Crippen LogP contribution in [-0.2, 0) is 11.3 Å². The first kappa shape index (κ1) is 32.1. The zero-order chi connectivity index (χ0) is 32.1. The highest BCUT2D eigenvalue weighted by Gasteiger charge is 2.41. The molecule has 1 amide bonds. The van der Waals surface area contributed by atoms with Crippen LogP contribution in [0.5, 0.6) is 11.5 Å². The maximum Gasteiger partial charge on any atom is 0.273 e. The number of pyridine rings is 1. The molecule has 1 unspecified atom stereocenters. The molecule has 4 N–H and O–H groups in total. The summed E-state index contributed by atoms with van der Waals surface area (Å²) in [7, 11) is 0. The van der Waals surface area contributed by atoms with Gasteiger partial charge in [0.15, 0.2) is 0 Å². The number of phenols is 1. The van der Waals surface area contributed by atoms with Crippen LogP contribution in [0.4, 0.5) is 0 Å². The lowest BCUT2D eigenvalue weighted by molar-refractivity contribution is -0.127. The predicted molar refractivity (Wildman–Crippen MR) is 177 cm³/mol. The van der Waals surface area contributed by atoms with Gasteiger partial charge in [0.25, 0.3) is 5.91 Å². The minimum atomic E-state index is -0.822. The van der Waals surface area contributed by atoms with Crippen LogP contribution in [0.15, 0.2) is 58.7 Å². The van der Waals surface area contributed by atoms with E-state index in [4.69, 9.17) is 9.47 Å². The number of rotatable bonds is 11. The molecule has 2 fully saturated rings. The highest BCUT2D eigenvalue weighted by Crippen LogP contribution is 2.31. The van der Waals surface area contributed by atoms with Crippen molar-refractivity contribution < 1.29 is 24.5 Å². The van der Waals surface area contributed by atoms with Crippen LogP contribution < -0.4 is 15.6 Å². The molecular weight excluding hydrogens is 606 g/mol. The Morgan fingerprint density at radius 3 is 2.85 bits per heavy atom. The number of hydrogen-bond donors (Lipinski definition) is 4. The Kier molecular flexibility index (Phi) is 10.00. The number of aromatic hydroxyl groups is 1. The van der Waals surface area contributed by atoms with Crippen LogP contribution in [0.3, 0.4) is 0 Å². The number of hydrogen-bond acceptors (Lipinski definition) is 10. The van der Waals surface area contributed by atoms with E-state index in [0.717, 1.165) is 55.2 Å². The molecule has 2 saturated heterocycles. The molecule has 46 heavy (non-hydrogen) atoms. The molecule has 1 spiro atoms. The molecule has 2 aliphatic rings. The Bertz CT molecular complexity index is 1720. The van der Waals surface area contributed by atoms with E-state index in [1.54, 1.807) is 12.1 Å². The number of thiazole rings is 1. The van der Waals surface area contributed by atoms with E-state index in [1.807, 2.05) is 41.5 Å². The SMILES string of the molecule is Cc1nc(C(=O)N2CCOC3(CCN(CCCOc4cccc(CNCC(O)c5ccc(O)c6[nH]c(=O)ccc56)c4)CC3)C2)cs1. The molecule has 2 aliphatic heterocycles. The number of nitrogens with zero attached hydrogens (tertiary/aromatic N) is 3. The van der Waals surface area contributed by atoms with E-state index in [2.05, 4.69) is 20.2 Å². The van der Waals surface area contributed by atoms with Crippen LogP contribution in [0.25, 0.3) is 10.9 Å². The number of carbonyl (C=O) groups excluding carboxylic acids is 1. The van der Waals surface area contributed by atoms with E-state index in [-0.39, 0.29) is 22.8 Å². The van der Waals surface area contributed by atoms with Crippen molar-refractivity contribution in [3.8, 4) is 11.5 Å². The summed E-state index contributed by atoms with van der Waals surface area (Å²) in [5, 5.41) is 27.6. The van der Waals surface area contributed by atoms with E-state index < -0.39 is 6.10 Å². The van der Waals surface area contributed by atoms with Gasteiger partial charge in [-0.1, -0.05) is 18.2 Å². The predicted octanol–water partition coefficient (Wildman–Crippen LogP) is 3.60. The van der Waals surface area contributed by atoms with Crippen LogP contribution in [0.1, 0.15) is 52.0 Å². The average molecular weight is 648 g/mol. The Hall–Kier alpha value is -3.81. The standard InChI is InChI=1S/C34H41N5O6S/c1-23-36-28(21-46-23)33(43)39-15-17-45-34(22-39)10-13-38(14-11-34)12-3-16-44-25-5-2-4-24(18-25)19-35-20-30(41)26-6-8-29(40)32-27(26)7-9-31(42)37-32/h2,4-9,18,21,30,35,40-41H,3,10-17,19-20,22H2,1H3,(H,37,42). The molecule has 12 heteroatoms. The summed E-state index contributed by atoms with van der Waals surface area (Å²) >= 11 is 1.50. The quantitative estimate of drug-likeness (QED) is 0.180. The summed E-state index contributed by atoms with van der Waals surface area (Å²) in [6, 6.07) is 14.1. The smallest absolute Gasteiger partial charge is 0.273 e. The van der Waals surface area contributed by atoms with Crippen LogP contribution in [0, 0.1) is 6.92 Å². The van der Waals surface area contributed by atoms with E-state index in [9.17, 15) is 19.8 Å². The lowest BCUT2D eigenvalue weighted by atomic mass is 9.89. The maximum absolute atomic E-state index is 13.0. The van der Waals surface area contributed by atoms with Crippen molar-refractivity contribution in [2.24, 2.45) is 0 Å². The maximum atomic E-state index is 13.0. The molecule has 6 rings (SSSR count).